The summed E-state index contributed by atoms with van der Waals surface area (Å²) >= 11 is 0. The van der Waals surface area contributed by atoms with Crippen LogP contribution in [0.4, 0.5) is 23.7 Å². The van der Waals surface area contributed by atoms with E-state index in [4.69, 9.17) is 0 Å². The van der Waals surface area contributed by atoms with Gasteiger partial charge in [-0.25, -0.2) is 9.59 Å². The van der Waals surface area contributed by atoms with E-state index < -0.39 is 35.2 Å². The first-order chi connectivity index (χ1) is 19.0. The van der Waals surface area contributed by atoms with Crippen LogP contribution in [-0.2, 0) is 4.79 Å². The molecule has 0 spiro atoms. The lowest BCUT2D eigenvalue weighted by molar-refractivity contribution is -0.140. The second-order valence-corrected chi connectivity index (χ2v) is 9.49. The van der Waals surface area contributed by atoms with E-state index in [1.54, 1.807) is 53.9 Å². The van der Waals surface area contributed by atoms with Gasteiger partial charge in [-0.05, 0) is 61.2 Å². The number of hydrogen-bond acceptors (Lipinski definition) is 5. The summed E-state index contributed by atoms with van der Waals surface area (Å²) < 4.78 is 41.7. The molecule has 3 amide bonds. The van der Waals surface area contributed by atoms with Crippen LogP contribution in [0.5, 0.6) is 0 Å². The zero-order valence-electron chi connectivity index (χ0n) is 21.0. The third-order valence-electron chi connectivity index (χ3n) is 6.81. The van der Waals surface area contributed by atoms with E-state index in [-0.39, 0.29) is 29.2 Å². The van der Waals surface area contributed by atoms with Gasteiger partial charge in [-0.3, -0.25) is 9.20 Å². The zero-order valence-corrected chi connectivity index (χ0v) is 21.0. The minimum Gasteiger partial charge on any atom is -0.479 e. The molecule has 13 heteroatoms. The Morgan fingerprint density at radius 1 is 1.10 bits per heavy atom. The summed E-state index contributed by atoms with van der Waals surface area (Å²) in [6.07, 6.45) is 2.62. The fraction of sp³-hybridized carbons (Fsp3) is 0.222. The number of halogens is 3. The van der Waals surface area contributed by atoms with Crippen LogP contribution in [0.3, 0.4) is 0 Å². The number of amides is 3. The third kappa shape index (κ3) is 5.05. The maximum absolute atomic E-state index is 13.4. The number of carbonyl (C=O) groups excluding carboxylic acids is 2. The summed E-state index contributed by atoms with van der Waals surface area (Å²) in [6.45, 7) is 1.75. The minimum atomic E-state index is -4.62. The SMILES string of the molecule is CC1C[C@@]1(NC(=O)c1cccn2c(-c3ccc(NC(=O)NC4=CC=CCC=C4C(F)(F)F)cc3)nnc12)C(=O)O. The average Bonchev–Trinajstić information content (AvgIpc) is 3.45. The lowest BCUT2D eigenvalue weighted by Gasteiger charge is -2.16. The third-order valence-corrected chi connectivity index (χ3v) is 6.81. The smallest absolute Gasteiger partial charge is 0.418 e. The Kier molecular flexibility index (Phi) is 6.65. The number of carboxylic acid groups (broad SMARTS) is 1. The number of aliphatic carboxylic acids is 1. The van der Waals surface area contributed by atoms with Gasteiger partial charge in [0, 0.05) is 17.4 Å². The van der Waals surface area contributed by atoms with Gasteiger partial charge in [-0.1, -0.05) is 25.2 Å². The Hall–Kier alpha value is -4.94. The van der Waals surface area contributed by atoms with Crippen LogP contribution in [0.1, 0.15) is 30.1 Å². The number of allylic oxidation sites excluding steroid dienone is 5. The summed E-state index contributed by atoms with van der Waals surface area (Å²) in [6, 6.07) is 8.62. The van der Waals surface area contributed by atoms with Crippen LogP contribution in [0, 0.1) is 5.92 Å². The van der Waals surface area contributed by atoms with Crippen LogP contribution in [0.15, 0.2) is 78.2 Å². The fourth-order valence-corrected chi connectivity index (χ4v) is 4.50. The van der Waals surface area contributed by atoms with Crippen LogP contribution >= 0.6 is 0 Å². The first kappa shape index (κ1) is 26.7. The Labute approximate surface area is 225 Å². The van der Waals surface area contributed by atoms with Crippen molar-refractivity contribution in [3.8, 4) is 11.4 Å². The number of anilines is 1. The molecule has 4 N–H and O–H groups in total. The maximum Gasteiger partial charge on any atom is 0.418 e. The van der Waals surface area contributed by atoms with Crippen molar-refractivity contribution in [3.05, 3.63) is 83.7 Å². The van der Waals surface area contributed by atoms with Gasteiger partial charge in [-0.2, -0.15) is 13.2 Å². The predicted octanol–water partition coefficient (Wildman–Crippen LogP) is 4.44. The number of carbonyl (C=O) groups is 3. The number of carboxylic acids is 1. The Bertz CT molecular complexity index is 1610. The van der Waals surface area contributed by atoms with Gasteiger partial charge in [0.25, 0.3) is 5.91 Å². The summed E-state index contributed by atoms with van der Waals surface area (Å²) in [5.74, 6) is -1.49. The second-order valence-electron chi connectivity index (χ2n) is 9.49. The highest BCUT2D eigenvalue weighted by Gasteiger charge is 2.59. The molecule has 3 aromatic rings. The van der Waals surface area contributed by atoms with Crippen LogP contribution in [-0.4, -0.2) is 49.3 Å². The van der Waals surface area contributed by atoms with Crippen molar-refractivity contribution in [2.45, 2.75) is 31.5 Å². The van der Waals surface area contributed by atoms with E-state index in [1.807, 2.05) is 0 Å². The highest BCUT2D eigenvalue weighted by Crippen LogP contribution is 2.43. The Balaban J connectivity index is 1.31. The van der Waals surface area contributed by atoms with Crippen LogP contribution in [0.2, 0.25) is 0 Å². The van der Waals surface area contributed by atoms with Crippen molar-refractivity contribution < 1.29 is 32.7 Å². The normalized spacial score (nSPS) is 20.2. The molecule has 2 atom stereocenters. The number of hydrogen-bond donors (Lipinski definition) is 4. The molecule has 2 heterocycles. The molecule has 10 nitrogen and oxygen atoms in total. The summed E-state index contributed by atoms with van der Waals surface area (Å²) in [5.41, 5.74) is -1.32. The molecule has 0 bridgehead atoms. The first-order valence-corrected chi connectivity index (χ1v) is 12.2. The first-order valence-electron chi connectivity index (χ1n) is 12.2. The minimum absolute atomic E-state index is 0.0887. The molecule has 2 aliphatic rings. The number of urea groups is 1. The lowest BCUT2D eigenvalue weighted by Crippen LogP contribution is -2.44. The number of nitrogens with zero attached hydrogens (tertiary/aromatic N) is 3. The summed E-state index contributed by atoms with van der Waals surface area (Å²) in [7, 11) is 0. The van der Waals surface area contributed by atoms with Gasteiger partial charge in [0.05, 0.1) is 16.8 Å². The quantitative estimate of drug-likeness (QED) is 0.357. The van der Waals surface area contributed by atoms with E-state index in [2.05, 4.69) is 26.1 Å². The molecule has 206 valence electrons. The topological polar surface area (TPSA) is 138 Å². The Morgan fingerprint density at radius 2 is 1.82 bits per heavy atom. The highest BCUT2D eigenvalue weighted by molar-refractivity contribution is 6.03. The zero-order chi connectivity index (χ0) is 28.7. The summed E-state index contributed by atoms with van der Waals surface area (Å²) in [5, 5.41) is 25.2. The lowest BCUT2D eigenvalue weighted by atomic mass is 10.1. The van der Waals surface area contributed by atoms with Gasteiger partial charge in [-0.15, -0.1) is 10.2 Å². The molecular weight excluding hydrogens is 529 g/mol. The fourth-order valence-electron chi connectivity index (χ4n) is 4.50. The Morgan fingerprint density at radius 3 is 2.48 bits per heavy atom. The molecule has 40 heavy (non-hydrogen) atoms. The van der Waals surface area contributed by atoms with E-state index in [9.17, 15) is 32.7 Å². The number of aromatic nitrogens is 3. The number of fused-ring (bicyclic) bond motifs is 1. The van der Waals surface area contributed by atoms with Crippen molar-refractivity contribution in [1.82, 2.24) is 25.2 Å². The molecule has 2 aromatic heterocycles. The molecule has 1 saturated carbocycles. The van der Waals surface area contributed by atoms with Gasteiger partial charge in [0.15, 0.2) is 11.5 Å². The molecule has 1 aromatic carbocycles. The molecule has 2 aliphatic carbocycles. The largest absolute Gasteiger partial charge is 0.479 e. The van der Waals surface area contributed by atoms with Crippen molar-refractivity contribution in [2.24, 2.45) is 5.92 Å². The van der Waals surface area contributed by atoms with E-state index in [0.29, 0.717) is 23.5 Å². The van der Waals surface area contributed by atoms with E-state index >= 15 is 0 Å². The molecule has 0 aliphatic heterocycles. The number of benzene rings is 1. The number of rotatable bonds is 6. The number of pyridine rings is 1. The number of nitrogens with one attached hydrogen (secondary N) is 3. The molecule has 1 fully saturated rings. The van der Waals surface area contributed by atoms with Crippen molar-refractivity contribution in [2.75, 3.05) is 5.32 Å². The molecule has 5 rings (SSSR count). The standard InChI is InChI=1S/C27H23F3N6O4/c1-15-14-26(15,24(38)39)33-23(37)18-6-5-13-36-21(34-35-22(18)36)16-9-11-17(12-10-16)31-25(40)32-20-8-4-2-3-7-19(20)27(28,29)30/h2,4-13,15H,3,14H2,1H3,(H,33,37)(H,38,39)(H2,31,32,40)/t15?,26-/m0/s1. The van der Waals surface area contributed by atoms with Gasteiger partial charge in [0.2, 0.25) is 0 Å². The summed E-state index contributed by atoms with van der Waals surface area (Å²) in [4.78, 5) is 37.0. The monoisotopic (exact) mass is 552 g/mol. The maximum atomic E-state index is 13.4. The average molecular weight is 553 g/mol. The van der Waals surface area contributed by atoms with Gasteiger partial charge in [0.1, 0.15) is 5.54 Å². The van der Waals surface area contributed by atoms with Crippen molar-refractivity contribution >= 4 is 29.2 Å². The van der Waals surface area contributed by atoms with Gasteiger partial charge < -0.3 is 21.1 Å². The van der Waals surface area contributed by atoms with E-state index in [0.717, 1.165) is 6.08 Å². The second kappa shape index (κ2) is 9.98. The van der Waals surface area contributed by atoms with E-state index in [1.165, 1.54) is 18.2 Å². The highest BCUT2D eigenvalue weighted by atomic mass is 19.4. The predicted molar refractivity (Wildman–Crippen MR) is 138 cm³/mol. The van der Waals surface area contributed by atoms with Crippen LogP contribution < -0.4 is 16.0 Å². The number of alkyl halides is 3. The molecule has 1 unspecified atom stereocenters. The van der Waals surface area contributed by atoms with Crippen LogP contribution in [0.25, 0.3) is 17.0 Å². The molecule has 0 saturated heterocycles. The van der Waals surface area contributed by atoms with Gasteiger partial charge >= 0.3 is 18.2 Å². The molecule has 0 radical (unpaired) electrons. The van der Waals surface area contributed by atoms with Crippen molar-refractivity contribution in [1.29, 1.82) is 0 Å². The van der Waals surface area contributed by atoms with Crippen molar-refractivity contribution in [3.63, 3.8) is 0 Å². The molecular formula is C27H23F3N6O4.